The van der Waals surface area contributed by atoms with Crippen molar-refractivity contribution in [1.29, 1.82) is 0 Å². The summed E-state index contributed by atoms with van der Waals surface area (Å²) in [6.45, 7) is 3.31. The van der Waals surface area contributed by atoms with Crippen LogP contribution in [-0.4, -0.2) is 51.8 Å². The molecule has 5 heteroatoms. The lowest BCUT2D eigenvalue weighted by molar-refractivity contribution is 0.144. The molecule has 0 radical (unpaired) electrons. The van der Waals surface area contributed by atoms with Crippen LogP contribution < -0.4 is 5.73 Å². The number of nitrogens with two attached hydrogens (primary N) is 1. The van der Waals surface area contributed by atoms with Crippen LogP contribution in [0.15, 0.2) is 18.7 Å². The highest BCUT2D eigenvalue weighted by atomic mass is 16.3. The first kappa shape index (κ1) is 10.6. The summed E-state index contributed by atoms with van der Waals surface area (Å²) in [6, 6.07) is 0.144. The molecule has 1 aliphatic rings. The van der Waals surface area contributed by atoms with E-state index in [-0.39, 0.29) is 12.1 Å². The Hall–Kier alpha value is -0.910. The number of likely N-dealkylation sites (tertiary alicyclic amines) is 1. The van der Waals surface area contributed by atoms with Gasteiger partial charge < -0.3 is 15.4 Å². The molecule has 5 nitrogen and oxygen atoms in total. The van der Waals surface area contributed by atoms with Crippen molar-refractivity contribution in [1.82, 2.24) is 14.5 Å². The van der Waals surface area contributed by atoms with Gasteiger partial charge in [-0.3, -0.25) is 4.90 Å². The minimum Gasteiger partial charge on any atom is -0.390 e. The normalized spacial score (nSPS) is 27.3. The van der Waals surface area contributed by atoms with Crippen LogP contribution in [0.5, 0.6) is 0 Å². The van der Waals surface area contributed by atoms with E-state index < -0.39 is 0 Å². The number of aliphatic hydroxyl groups is 1. The molecule has 0 amide bonds. The molecule has 0 bridgehead atoms. The molecule has 15 heavy (non-hydrogen) atoms. The van der Waals surface area contributed by atoms with Gasteiger partial charge in [0, 0.05) is 25.5 Å². The summed E-state index contributed by atoms with van der Waals surface area (Å²) in [5.74, 6) is 0. The summed E-state index contributed by atoms with van der Waals surface area (Å²) in [6.07, 6.45) is 6.11. The Kier molecular flexibility index (Phi) is 3.35. The monoisotopic (exact) mass is 210 g/mol. The SMILES string of the molecule is NCCCN1CC(O)C(n2ccnc2)C1. The maximum atomic E-state index is 9.91. The number of aromatic nitrogens is 2. The first-order valence-corrected chi connectivity index (χ1v) is 5.39. The molecule has 2 unspecified atom stereocenters. The number of hydrogen-bond acceptors (Lipinski definition) is 4. The van der Waals surface area contributed by atoms with Gasteiger partial charge in [0.1, 0.15) is 0 Å². The highest BCUT2D eigenvalue weighted by Gasteiger charge is 2.31. The van der Waals surface area contributed by atoms with Crippen molar-refractivity contribution in [2.24, 2.45) is 5.73 Å². The van der Waals surface area contributed by atoms with Crippen LogP contribution in [0.3, 0.4) is 0 Å². The van der Waals surface area contributed by atoms with Crippen LogP contribution >= 0.6 is 0 Å². The Morgan fingerprint density at radius 1 is 1.47 bits per heavy atom. The predicted molar refractivity (Wildman–Crippen MR) is 57.4 cm³/mol. The van der Waals surface area contributed by atoms with Gasteiger partial charge in [-0.15, -0.1) is 0 Å². The van der Waals surface area contributed by atoms with E-state index in [2.05, 4.69) is 9.88 Å². The second-order valence-electron chi connectivity index (χ2n) is 4.05. The van der Waals surface area contributed by atoms with Crippen LogP contribution in [0, 0.1) is 0 Å². The van der Waals surface area contributed by atoms with E-state index in [1.807, 2.05) is 10.8 Å². The maximum Gasteiger partial charge on any atom is 0.0949 e. The average molecular weight is 210 g/mol. The van der Waals surface area contributed by atoms with Gasteiger partial charge in [-0.2, -0.15) is 0 Å². The van der Waals surface area contributed by atoms with Crippen molar-refractivity contribution in [3.63, 3.8) is 0 Å². The molecular formula is C10H18N4O. The van der Waals surface area contributed by atoms with E-state index in [9.17, 15) is 5.11 Å². The summed E-state index contributed by atoms with van der Waals surface area (Å²) >= 11 is 0. The molecule has 1 fully saturated rings. The molecule has 1 aromatic heterocycles. The molecule has 2 heterocycles. The zero-order valence-electron chi connectivity index (χ0n) is 8.79. The van der Waals surface area contributed by atoms with Gasteiger partial charge in [-0.1, -0.05) is 0 Å². The highest BCUT2D eigenvalue weighted by Crippen LogP contribution is 2.21. The van der Waals surface area contributed by atoms with Gasteiger partial charge in [-0.05, 0) is 19.5 Å². The van der Waals surface area contributed by atoms with Gasteiger partial charge in [0.2, 0.25) is 0 Å². The minimum absolute atomic E-state index is 0.144. The fourth-order valence-corrected chi connectivity index (χ4v) is 2.10. The molecule has 84 valence electrons. The average Bonchev–Trinajstić information content (AvgIpc) is 2.83. The van der Waals surface area contributed by atoms with E-state index >= 15 is 0 Å². The van der Waals surface area contributed by atoms with Crippen LogP contribution in [0.25, 0.3) is 0 Å². The Labute approximate surface area is 89.5 Å². The number of imidazole rings is 1. The molecule has 3 N–H and O–H groups in total. The zero-order valence-corrected chi connectivity index (χ0v) is 8.79. The van der Waals surface area contributed by atoms with Gasteiger partial charge in [0.05, 0.1) is 18.5 Å². The summed E-state index contributed by atoms with van der Waals surface area (Å²) in [5.41, 5.74) is 5.47. The second kappa shape index (κ2) is 4.74. The van der Waals surface area contributed by atoms with E-state index in [1.165, 1.54) is 0 Å². The Morgan fingerprint density at radius 2 is 2.33 bits per heavy atom. The van der Waals surface area contributed by atoms with E-state index in [0.29, 0.717) is 6.54 Å². The Bertz CT molecular complexity index is 288. The fourth-order valence-electron chi connectivity index (χ4n) is 2.10. The predicted octanol–water partition coefficient (Wildman–Crippen LogP) is -0.550. The molecule has 0 aromatic carbocycles. The quantitative estimate of drug-likeness (QED) is 0.699. The molecule has 0 aliphatic carbocycles. The number of aliphatic hydroxyl groups excluding tert-OH is 1. The minimum atomic E-state index is -0.294. The van der Waals surface area contributed by atoms with E-state index in [4.69, 9.17) is 5.73 Å². The van der Waals surface area contributed by atoms with Crippen LogP contribution in [0.2, 0.25) is 0 Å². The van der Waals surface area contributed by atoms with E-state index in [1.54, 1.807) is 12.5 Å². The van der Waals surface area contributed by atoms with E-state index in [0.717, 1.165) is 26.1 Å². The third-order valence-corrected chi connectivity index (χ3v) is 2.92. The third-order valence-electron chi connectivity index (χ3n) is 2.92. The maximum absolute atomic E-state index is 9.91. The smallest absolute Gasteiger partial charge is 0.0949 e. The zero-order chi connectivity index (χ0) is 10.7. The van der Waals surface area contributed by atoms with Crippen molar-refractivity contribution in [3.05, 3.63) is 18.7 Å². The molecule has 0 saturated carbocycles. The molecule has 2 atom stereocenters. The third kappa shape index (κ3) is 2.37. The first-order chi connectivity index (χ1) is 7.31. The van der Waals surface area contributed by atoms with Gasteiger partial charge in [0.15, 0.2) is 0 Å². The number of rotatable bonds is 4. The fraction of sp³-hybridized carbons (Fsp3) is 0.700. The first-order valence-electron chi connectivity index (χ1n) is 5.39. The lowest BCUT2D eigenvalue weighted by Crippen LogP contribution is -2.24. The lowest BCUT2D eigenvalue weighted by atomic mass is 10.2. The highest BCUT2D eigenvalue weighted by molar-refractivity contribution is 4.91. The van der Waals surface area contributed by atoms with Crippen molar-refractivity contribution < 1.29 is 5.11 Å². The Balaban J connectivity index is 1.93. The number of nitrogens with zero attached hydrogens (tertiary/aromatic N) is 3. The summed E-state index contributed by atoms with van der Waals surface area (Å²) < 4.78 is 1.98. The molecular weight excluding hydrogens is 192 g/mol. The Morgan fingerprint density at radius 3 is 3.00 bits per heavy atom. The van der Waals surface area contributed by atoms with Crippen molar-refractivity contribution in [2.75, 3.05) is 26.2 Å². The van der Waals surface area contributed by atoms with Gasteiger partial charge >= 0.3 is 0 Å². The van der Waals surface area contributed by atoms with Crippen molar-refractivity contribution >= 4 is 0 Å². The molecule has 1 aromatic rings. The molecule has 1 saturated heterocycles. The van der Waals surface area contributed by atoms with Crippen molar-refractivity contribution in [2.45, 2.75) is 18.6 Å². The lowest BCUT2D eigenvalue weighted by Gasteiger charge is -2.15. The molecule has 0 spiro atoms. The molecule has 1 aliphatic heterocycles. The van der Waals surface area contributed by atoms with Gasteiger partial charge in [0.25, 0.3) is 0 Å². The topological polar surface area (TPSA) is 67.3 Å². The van der Waals surface area contributed by atoms with Crippen LogP contribution in [0.4, 0.5) is 0 Å². The van der Waals surface area contributed by atoms with Crippen LogP contribution in [0.1, 0.15) is 12.5 Å². The molecule has 2 rings (SSSR count). The second-order valence-corrected chi connectivity index (χ2v) is 4.05. The summed E-state index contributed by atoms with van der Waals surface area (Å²) in [4.78, 5) is 6.25. The number of β-amino-alcohol motifs (C(OH)–C–C–N with tert-alkyl or cyclic N) is 1. The largest absolute Gasteiger partial charge is 0.390 e. The summed E-state index contributed by atoms with van der Waals surface area (Å²) in [5, 5.41) is 9.91. The van der Waals surface area contributed by atoms with Gasteiger partial charge in [-0.25, -0.2) is 4.98 Å². The summed E-state index contributed by atoms with van der Waals surface area (Å²) in [7, 11) is 0. The standard InChI is InChI=1S/C10H18N4O/c11-2-1-4-13-6-9(10(15)7-13)14-5-3-12-8-14/h3,5,8-10,15H,1-2,4,6-7,11H2. The van der Waals surface area contributed by atoms with Crippen molar-refractivity contribution in [3.8, 4) is 0 Å². The number of hydrogen-bond donors (Lipinski definition) is 2. The van der Waals surface area contributed by atoms with Crippen LogP contribution in [-0.2, 0) is 0 Å².